The average molecular weight is 497 g/mol. The summed E-state index contributed by atoms with van der Waals surface area (Å²) >= 11 is 12.7. The third-order valence-corrected chi connectivity index (χ3v) is 6.76. The Morgan fingerprint density at radius 1 is 1.15 bits per heavy atom. The Labute approximate surface area is 209 Å². The molecule has 2 aromatic carbocycles. The van der Waals surface area contributed by atoms with Crippen LogP contribution in [0.3, 0.4) is 0 Å². The van der Waals surface area contributed by atoms with Gasteiger partial charge in [-0.15, -0.1) is 0 Å². The minimum Gasteiger partial charge on any atom is -0.481 e. The van der Waals surface area contributed by atoms with E-state index in [4.69, 9.17) is 27.9 Å². The van der Waals surface area contributed by atoms with Crippen LogP contribution < -0.4 is 9.64 Å². The van der Waals surface area contributed by atoms with Crippen LogP contribution in [0.1, 0.15) is 29.7 Å². The number of halogens is 2. The molecule has 176 valence electrons. The van der Waals surface area contributed by atoms with Gasteiger partial charge in [0.15, 0.2) is 0 Å². The normalized spacial score (nSPS) is 18.2. The number of aromatic nitrogens is 1. The zero-order valence-electron chi connectivity index (χ0n) is 19.1. The van der Waals surface area contributed by atoms with Crippen LogP contribution in [0.25, 0.3) is 0 Å². The summed E-state index contributed by atoms with van der Waals surface area (Å²) in [5.41, 5.74) is 2.15. The SMILES string of the molecule is COc1ccc([C@](C)(O)CN2CCN(c3ccc(C#N)cc3Cl)[C@H](c3ccc(Cl)cc3)C2)cn1. The summed E-state index contributed by atoms with van der Waals surface area (Å²) in [7, 11) is 1.57. The summed E-state index contributed by atoms with van der Waals surface area (Å²) in [5, 5.41) is 21.7. The molecule has 0 bridgehead atoms. The highest BCUT2D eigenvalue weighted by Crippen LogP contribution is 2.37. The predicted octanol–water partition coefficient (Wildman–Crippen LogP) is 5.04. The number of pyridine rings is 1. The fourth-order valence-corrected chi connectivity index (χ4v) is 4.81. The number of piperazine rings is 1. The second kappa shape index (κ2) is 10.2. The number of ether oxygens (including phenoxy) is 1. The molecule has 6 nitrogen and oxygen atoms in total. The molecule has 1 saturated heterocycles. The Balaban J connectivity index is 1.60. The highest BCUT2D eigenvalue weighted by molar-refractivity contribution is 6.33. The Bertz CT molecular complexity index is 1180. The molecule has 2 heterocycles. The Hall–Kier alpha value is -2.82. The van der Waals surface area contributed by atoms with Crippen molar-refractivity contribution in [2.24, 2.45) is 0 Å². The van der Waals surface area contributed by atoms with E-state index in [1.165, 1.54) is 0 Å². The van der Waals surface area contributed by atoms with Gasteiger partial charge in [-0.1, -0.05) is 35.3 Å². The van der Waals surface area contributed by atoms with Crippen molar-refractivity contribution < 1.29 is 9.84 Å². The molecule has 1 aliphatic heterocycles. The molecule has 8 heteroatoms. The number of rotatable bonds is 6. The van der Waals surface area contributed by atoms with Gasteiger partial charge in [0.05, 0.1) is 35.5 Å². The van der Waals surface area contributed by atoms with Crippen LogP contribution in [-0.4, -0.2) is 48.3 Å². The van der Waals surface area contributed by atoms with Gasteiger partial charge in [0.25, 0.3) is 0 Å². The Morgan fingerprint density at radius 3 is 2.53 bits per heavy atom. The number of hydrogen-bond acceptors (Lipinski definition) is 6. The van der Waals surface area contributed by atoms with Crippen LogP contribution in [0.4, 0.5) is 5.69 Å². The number of hydrogen-bond donors (Lipinski definition) is 1. The summed E-state index contributed by atoms with van der Waals surface area (Å²) in [4.78, 5) is 8.75. The van der Waals surface area contributed by atoms with Crippen molar-refractivity contribution in [2.45, 2.75) is 18.6 Å². The molecule has 4 rings (SSSR count). The van der Waals surface area contributed by atoms with Crippen LogP contribution in [0.2, 0.25) is 10.0 Å². The van der Waals surface area contributed by atoms with E-state index in [1.807, 2.05) is 36.4 Å². The van der Waals surface area contributed by atoms with E-state index in [0.29, 0.717) is 41.1 Å². The lowest BCUT2D eigenvalue weighted by Crippen LogP contribution is -2.52. The summed E-state index contributed by atoms with van der Waals surface area (Å²) in [5.74, 6) is 0.510. The minimum absolute atomic E-state index is 0.0127. The molecule has 0 unspecified atom stereocenters. The lowest BCUT2D eigenvalue weighted by molar-refractivity contribution is 0.00997. The van der Waals surface area contributed by atoms with Crippen molar-refractivity contribution in [3.63, 3.8) is 0 Å². The molecule has 0 aliphatic carbocycles. The van der Waals surface area contributed by atoms with E-state index in [9.17, 15) is 10.4 Å². The fourth-order valence-electron chi connectivity index (χ4n) is 4.40. The molecule has 0 spiro atoms. The van der Waals surface area contributed by atoms with E-state index in [2.05, 4.69) is 20.9 Å². The first-order valence-electron chi connectivity index (χ1n) is 11.0. The molecular formula is C26H26Cl2N4O2. The monoisotopic (exact) mass is 496 g/mol. The van der Waals surface area contributed by atoms with Crippen LogP contribution in [-0.2, 0) is 5.60 Å². The molecular weight excluding hydrogens is 471 g/mol. The van der Waals surface area contributed by atoms with Gasteiger partial charge in [0, 0.05) is 49.0 Å². The number of benzene rings is 2. The maximum absolute atomic E-state index is 11.3. The van der Waals surface area contributed by atoms with E-state index in [0.717, 1.165) is 23.4 Å². The van der Waals surface area contributed by atoms with Crippen molar-refractivity contribution in [3.05, 3.63) is 87.5 Å². The van der Waals surface area contributed by atoms with Gasteiger partial charge in [0.1, 0.15) is 5.60 Å². The maximum Gasteiger partial charge on any atom is 0.212 e. The number of methoxy groups -OCH3 is 1. The Morgan fingerprint density at radius 2 is 1.91 bits per heavy atom. The molecule has 0 radical (unpaired) electrons. The van der Waals surface area contributed by atoms with Gasteiger partial charge in [-0.05, 0) is 48.9 Å². The number of nitrogens with zero attached hydrogens (tertiary/aromatic N) is 4. The number of nitriles is 1. The summed E-state index contributed by atoms with van der Waals surface area (Å²) < 4.78 is 5.13. The third kappa shape index (κ3) is 5.29. The smallest absolute Gasteiger partial charge is 0.212 e. The van der Waals surface area contributed by atoms with E-state index in [-0.39, 0.29) is 6.04 Å². The summed E-state index contributed by atoms with van der Waals surface area (Å²) in [6.45, 7) is 4.37. The van der Waals surface area contributed by atoms with E-state index < -0.39 is 5.60 Å². The van der Waals surface area contributed by atoms with Gasteiger partial charge in [-0.25, -0.2) is 4.98 Å². The zero-order chi connectivity index (χ0) is 24.3. The first kappa shape index (κ1) is 24.3. The molecule has 1 N–H and O–H groups in total. The molecule has 3 aromatic rings. The highest BCUT2D eigenvalue weighted by Gasteiger charge is 2.34. The fraction of sp³-hybridized carbons (Fsp3) is 0.308. The first-order valence-corrected chi connectivity index (χ1v) is 11.7. The lowest BCUT2D eigenvalue weighted by Gasteiger charge is -2.45. The molecule has 1 aliphatic rings. The van der Waals surface area contributed by atoms with Gasteiger partial charge in [-0.3, -0.25) is 4.90 Å². The van der Waals surface area contributed by atoms with Gasteiger partial charge in [-0.2, -0.15) is 5.26 Å². The van der Waals surface area contributed by atoms with Crippen LogP contribution in [0.5, 0.6) is 5.88 Å². The van der Waals surface area contributed by atoms with E-state index in [1.54, 1.807) is 38.4 Å². The van der Waals surface area contributed by atoms with Crippen molar-refractivity contribution in [2.75, 3.05) is 38.2 Å². The van der Waals surface area contributed by atoms with Crippen molar-refractivity contribution >= 4 is 28.9 Å². The van der Waals surface area contributed by atoms with Crippen molar-refractivity contribution in [1.29, 1.82) is 5.26 Å². The largest absolute Gasteiger partial charge is 0.481 e. The predicted molar refractivity (Wildman–Crippen MR) is 135 cm³/mol. The average Bonchev–Trinajstić information content (AvgIpc) is 2.84. The van der Waals surface area contributed by atoms with Gasteiger partial charge >= 0.3 is 0 Å². The molecule has 2 atom stereocenters. The highest BCUT2D eigenvalue weighted by atomic mass is 35.5. The second-order valence-electron chi connectivity index (χ2n) is 8.64. The molecule has 1 fully saturated rings. The molecule has 34 heavy (non-hydrogen) atoms. The quantitative estimate of drug-likeness (QED) is 0.515. The number of anilines is 1. The van der Waals surface area contributed by atoms with Crippen LogP contribution >= 0.6 is 23.2 Å². The summed E-state index contributed by atoms with van der Waals surface area (Å²) in [6, 6.07) is 18.9. The van der Waals surface area contributed by atoms with Crippen LogP contribution in [0, 0.1) is 11.3 Å². The van der Waals surface area contributed by atoms with Gasteiger partial charge in [0.2, 0.25) is 5.88 Å². The zero-order valence-corrected chi connectivity index (χ0v) is 20.6. The van der Waals surface area contributed by atoms with Crippen molar-refractivity contribution in [3.8, 4) is 11.9 Å². The summed E-state index contributed by atoms with van der Waals surface area (Å²) in [6.07, 6.45) is 1.66. The maximum atomic E-state index is 11.3. The van der Waals surface area contributed by atoms with Crippen molar-refractivity contribution in [1.82, 2.24) is 9.88 Å². The van der Waals surface area contributed by atoms with E-state index >= 15 is 0 Å². The molecule has 1 aromatic heterocycles. The first-order chi connectivity index (χ1) is 16.3. The minimum atomic E-state index is -1.09. The number of aliphatic hydroxyl groups is 1. The number of β-amino-alcohol motifs (C(OH)–C–C–N with tert-alkyl or cyclic N) is 1. The third-order valence-electron chi connectivity index (χ3n) is 6.20. The van der Waals surface area contributed by atoms with Crippen LogP contribution in [0.15, 0.2) is 60.8 Å². The molecule has 0 amide bonds. The second-order valence-corrected chi connectivity index (χ2v) is 9.48. The topological polar surface area (TPSA) is 72.6 Å². The molecule has 0 saturated carbocycles. The Kier molecular flexibility index (Phi) is 7.30. The standard InChI is InChI=1S/C26H26Cl2N4O2/c1-26(33,20-6-10-25(34-2)30-15-20)17-31-11-12-32(23-9-3-18(14-29)13-22(23)28)24(16-31)19-4-7-21(27)8-5-19/h3-10,13,15,24,33H,11-12,16-17H2,1-2H3/t24-,26+/m0/s1. The lowest BCUT2D eigenvalue weighted by atomic mass is 9.95. The van der Waals surface area contributed by atoms with Gasteiger partial charge < -0.3 is 14.7 Å².